The molecule has 0 aliphatic carbocycles. The Labute approximate surface area is 173 Å². The molecule has 2 aliphatic heterocycles. The van der Waals surface area contributed by atoms with Crippen LogP contribution in [0, 0.1) is 0 Å². The molecule has 2 bridgehead atoms. The molecule has 3 atom stereocenters. The number of hydrogen-bond acceptors (Lipinski definition) is 3. The van der Waals surface area contributed by atoms with Gasteiger partial charge in [-0.15, -0.1) is 0 Å². The first kappa shape index (κ1) is 19.9. The summed E-state index contributed by atoms with van der Waals surface area (Å²) in [6, 6.07) is 19.1. The Morgan fingerprint density at radius 1 is 1.03 bits per heavy atom. The first-order valence-corrected chi connectivity index (χ1v) is 10.7. The van der Waals surface area contributed by atoms with Crippen molar-refractivity contribution in [2.45, 2.75) is 64.2 Å². The Morgan fingerprint density at radius 2 is 1.83 bits per heavy atom. The third kappa shape index (κ3) is 5.58. The molecule has 2 aromatic carbocycles. The second-order valence-corrected chi connectivity index (χ2v) is 7.85. The van der Waals surface area contributed by atoms with Crippen LogP contribution < -0.4 is 10.6 Å². The molecule has 5 heteroatoms. The zero-order valence-corrected chi connectivity index (χ0v) is 17.1. The molecule has 2 heterocycles. The fraction of sp³-hybridized carbons (Fsp3) is 0.458. The van der Waals surface area contributed by atoms with Crippen LogP contribution >= 0.6 is 0 Å². The molecule has 2 fully saturated rings. The van der Waals surface area contributed by atoms with Crippen molar-refractivity contribution < 1.29 is 9.47 Å². The first-order valence-electron chi connectivity index (χ1n) is 10.7. The van der Waals surface area contributed by atoms with Crippen molar-refractivity contribution in [1.29, 1.82) is 0 Å². The molecule has 3 unspecified atom stereocenters. The molecule has 2 N–H and O–H groups in total. The van der Waals surface area contributed by atoms with Gasteiger partial charge in [-0.25, -0.2) is 4.99 Å². The van der Waals surface area contributed by atoms with E-state index in [4.69, 9.17) is 14.5 Å². The second-order valence-electron chi connectivity index (χ2n) is 7.85. The summed E-state index contributed by atoms with van der Waals surface area (Å²) in [4.78, 5) is 4.80. The molecule has 2 aliphatic rings. The van der Waals surface area contributed by atoms with Gasteiger partial charge in [0.15, 0.2) is 5.96 Å². The Bertz CT molecular complexity index is 809. The van der Waals surface area contributed by atoms with Crippen LogP contribution in [0.1, 0.15) is 42.9 Å². The number of nitrogens with zero attached hydrogens (tertiary/aromatic N) is 1. The molecule has 0 saturated carbocycles. The van der Waals surface area contributed by atoms with Crippen molar-refractivity contribution in [3.63, 3.8) is 0 Å². The monoisotopic (exact) mass is 393 g/mol. The zero-order valence-electron chi connectivity index (χ0n) is 17.1. The van der Waals surface area contributed by atoms with Gasteiger partial charge in [0.05, 0.1) is 38.0 Å². The largest absolute Gasteiger partial charge is 0.373 e. The van der Waals surface area contributed by atoms with Crippen LogP contribution in [0.15, 0.2) is 59.6 Å². The first-order chi connectivity index (χ1) is 14.3. The van der Waals surface area contributed by atoms with Crippen LogP contribution in [0.25, 0.3) is 0 Å². The molecule has 154 valence electrons. The maximum absolute atomic E-state index is 5.95. The second kappa shape index (κ2) is 9.90. The summed E-state index contributed by atoms with van der Waals surface area (Å²) < 4.78 is 11.8. The van der Waals surface area contributed by atoms with E-state index in [0.717, 1.165) is 25.3 Å². The Balaban J connectivity index is 1.30. The third-order valence-electron chi connectivity index (χ3n) is 5.56. The minimum atomic E-state index is 0.342. The average Bonchev–Trinajstić information content (AvgIpc) is 3.37. The van der Waals surface area contributed by atoms with Crippen molar-refractivity contribution in [3.05, 3.63) is 71.3 Å². The van der Waals surface area contributed by atoms with E-state index in [1.807, 2.05) is 18.2 Å². The Morgan fingerprint density at radius 3 is 2.59 bits per heavy atom. The molecule has 29 heavy (non-hydrogen) atoms. The van der Waals surface area contributed by atoms with E-state index in [2.05, 4.69) is 54.0 Å². The molecule has 0 radical (unpaired) electrons. The fourth-order valence-corrected chi connectivity index (χ4v) is 4.13. The van der Waals surface area contributed by atoms with Gasteiger partial charge in [0.2, 0.25) is 0 Å². The van der Waals surface area contributed by atoms with Crippen molar-refractivity contribution >= 4 is 5.96 Å². The summed E-state index contributed by atoms with van der Waals surface area (Å²) in [5.74, 6) is 0.874. The number of guanidine groups is 1. The van der Waals surface area contributed by atoms with E-state index in [-0.39, 0.29) is 0 Å². The van der Waals surface area contributed by atoms with Crippen molar-refractivity contribution in [1.82, 2.24) is 10.6 Å². The SMILES string of the molecule is CCNC(=NCc1cccc(COCc2ccccc2)c1)NC1CC2CCC1O2. The lowest BCUT2D eigenvalue weighted by atomic mass is 9.96. The third-order valence-corrected chi connectivity index (χ3v) is 5.56. The molecular formula is C24H31N3O2. The molecule has 0 amide bonds. The summed E-state index contributed by atoms with van der Waals surface area (Å²) in [5.41, 5.74) is 3.56. The van der Waals surface area contributed by atoms with Gasteiger partial charge in [-0.05, 0) is 42.9 Å². The lowest BCUT2D eigenvalue weighted by molar-refractivity contribution is 0.0992. The Hall–Kier alpha value is -2.37. The minimum absolute atomic E-state index is 0.342. The van der Waals surface area contributed by atoms with Crippen LogP contribution in [0.3, 0.4) is 0 Å². The van der Waals surface area contributed by atoms with Gasteiger partial charge < -0.3 is 20.1 Å². The summed E-state index contributed by atoms with van der Waals surface area (Å²) in [6.45, 7) is 4.82. The zero-order chi connectivity index (χ0) is 19.9. The van der Waals surface area contributed by atoms with E-state index in [1.54, 1.807) is 0 Å². The highest BCUT2D eigenvalue weighted by atomic mass is 16.5. The standard InChI is InChI=1S/C24H31N3O2/c1-2-25-24(27-22-14-21-11-12-23(22)29-21)26-15-19-9-6-10-20(13-19)17-28-16-18-7-4-3-5-8-18/h3-10,13,21-23H,2,11-12,14-17H2,1H3,(H2,25,26,27). The number of fused-ring (bicyclic) bond motifs is 2. The van der Waals surface area contributed by atoms with Crippen molar-refractivity contribution in [2.75, 3.05) is 6.54 Å². The van der Waals surface area contributed by atoms with Gasteiger partial charge in [0.25, 0.3) is 0 Å². The molecule has 2 aromatic rings. The van der Waals surface area contributed by atoms with Gasteiger partial charge in [0, 0.05) is 6.54 Å². The van der Waals surface area contributed by atoms with E-state index in [0.29, 0.717) is 38.0 Å². The van der Waals surface area contributed by atoms with Gasteiger partial charge in [-0.2, -0.15) is 0 Å². The number of aliphatic imine (C=N–C) groups is 1. The van der Waals surface area contributed by atoms with E-state index in [9.17, 15) is 0 Å². The topological polar surface area (TPSA) is 54.9 Å². The maximum atomic E-state index is 5.95. The van der Waals surface area contributed by atoms with E-state index < -0.39 is 0 Å². The summed E-state index contributed by atoms with van der Waals surface area (Å²) >= 11 is 0. The van der Waals surface area contributed by atoms with Crippen LogP contribution in [0.4, 0.5) is 0 Å². The molecule has 0 aromatic heterocycles. The van der Waals surface area contributed by atoms with Gasteiger partial charge >= 0.3 is 0 Å². The van der Waals surface area contributed by atoms with Crippen molar-refractivity contribution in [3.8, 4) is 0 Å². The highest BCUT2D eigenvalue weighted by Crippen LogP contribution is 2.34. The number of rotatable bonds is 8. The average molecular weight is 394 g/mol. The lowest BCUT2D eigenvalue weighted by Gasteiger charge is -2.22. The number of hydrogen-bond donors (Lipinski definition) is 2. The summed E-state index contributed by atoms with van der Waals surface area (Å²) in [5, 5.41) is 6.94. The van der Waals surface area contributed by atoms with Gasteiger partial charge in [-0.3, -0.25) is 0 Å². The molecule has 5 nitrogen and oxygen atoms in total. The highest BCUT2D eigenvalue weighted by molar-refractivity contribution is 5.80. The van der Waals surface area contributed by atoms with Crippen LogP contribution in [0.5, 0.6) is 0 Å². The fourth-order valence-electron chi connectivity index (χ4n) is 4.13. The minimum Gasteiger partial charge on any atom is -0.373 e. The predicted octanol–water partition coefficient (Wildman–Crippen LogP) is 3.78. The molecule has 4 rings (SSSR count). The van der Waals surface area contributed by atoms with Gasteiger partial charge in [0.1, 0.15) is 0 Å². The lowest BCUT2D eigenvalue weighted by Crippen LogP contribution is -2.47. The number of benzene rings is 2. The van der Waals surface area contributed by atoms with E-state index >= 15 is 0 Å². The smallest absolute Gasteiger partial charge is 0.191 e. The molecular weight excluding hydrogens is 362 g/mol. The number of nitrogens with one attached hydrogen (secondary N) is 2. The maximum Gasteiger partial charge on any atom is 0.191 e. The molecule has 0 spiro atoms. The quantitative estimate of drug-likeness (QED) is 0.529. The number of ether oxygens (including phenoxy) is 2. The summed E-state index contributed by atoms with van der Waals surface area (Å²) in [7, 11) is 0. The van der Waals surface area contributed by atoms with Gasteiger partial charge in [-0.1, -0.05) is 54.6 Å². The normalized spacial score (nSPS) is 23.3. The predicted molar refractivity (Wildman–Crippen MR) is 116 cm³/mol. The molecule has 2 saturated heterocycles. The summed E-state index contributed by atoms with van der Waals surface area (Å²) in [6.07, 6.45) is 4.23. The highest BCUT2D eigenvalue weighted by Gasteiger charge is 2.41. The van der Waals surface area contributed by atoms with Crippen LogP contribution in [-0.2, 0) is 29.2 Å². The van der Waals surface area contributed by atoms with E-state index in [1.165, 1.54) is 23.1 Å². The van der Waals surface area contributed by atoms with Crippen molar-refractivity contribution in [2.24, 2.45) is 4.99 Å². The Kier molecular flexibility index (Phi) is 6.80. The van der Waals surface area contributed by atoms with Crippen LogP contribution in [-0.4, -0.2) is 30.8 Å². The van der Waals surface area contributed by atoms with Crippen LogP contribution in [0.2, 0.25) is 0 Å².